The number of carbonyl (C=O) groups excluding carboxylic acids is 1. The fourth-order valence-electron chi connectivity index (χ4n) is 2.30. The molecular formula is C14H25F3N4O2. The van der Waals surface area contributed by atoms with Crippen LogP contribution in [0, 0.1) is 0 Å². The lowest BCUT2D eigenvalue weighted by molar-refractivity contribution is -0.135. The maximum absolute atomic E-state index is 12.1. The van der Waals surface area contributed by atoms with Crippen LogP contribution in [0.5, 0.6) is 0 Å². The highest BCUT2D eigenvalue weighted by atomic mass is 19.4. The topological polar surface area (TPSA) is 57.2 Å². The third kappa shape index (κ3) is 7.43. The number of aliphatic imine (C=N–C) groups is 1. The molecule has 1 rings (SSSR count). The van der Waals surface area contributed by atoms with E-state index in [-0.39, 0.29) is 12.5 Å². The molecule has 0 aromatic rings. The van der Waals surface area contributed by atoms with Gasteiger partial charge in [-0.3, -0.25) is 4.99 Å². The Kier molecular flexibility index (Phi) is 7.97. The second-order valence-corrected chi connectivity index (χ2v) is 5.22. The fourth-order valence-corrected chi connectivity index (χ4v) is 2.30. The van der Waals surface area contributed by atoms with Crippen molar-refractivity contribution in [2.45, 2.75) is 32.4 Å². The molecule has 9 heteroatoms. The van der Waals surface area contributed by atoms with E-state index in [1.807, 2.05) is 4.90 Å². The molecule has 134 valence electrons. The van der Waals surface area contributed by atoms with Gasteiger partial charge in [-0.1, -0.05) is 0 Å². The Morgan fingerprint density at radius 1 is 1.17 bits per heavy atom. The third-order valence-electron chi connectivity index (χ3n) is 3.49. The molecule has 0 saturated carbocycles. The number of carbonyl (C=O) groups is 1. The number of nitrogens with one attached hydrogen (secondary N) is 1. The first-order chi connectivity index (χ1) is 10.9. The molecule has 0 radical (unpaired) electrons. The zero-order valence-corrected chi connectivity index (χ0v) is 13.7. The van der Waals surface area contributed by atoms with Crippen LogP contribution in [0.1, 0.15) is 26.2 Å². The largest absolute Gasteiger partial charge is 0.450 e. The molecule has 1 aliphatic heterocycles. The first-order valence-corrected chi connectivity index (χ1v) is 7.81. The summed E-state index contributed by atoms with van der Waals surface area (Å²) in [4.78, 5) is 19.4. The van der Waals surface area contributed by atoms with Crippen molar-refractivity contribution in [3.63, 3.8) is 0 Å². The molecule has 0 aromatic carbocycles. The molecule has 0 unspecified atom stereocenters. The average Bonchev–Trinajstić information content (AvgIpc) is 2.50. The molecule has 1 amide bonds. The minimum absolute atomic E-state index is 0.101. The van der Waals surface area contributed by atoms with Crippen molar-refractivity contribution in [3.05, 3.63) is 0 Å². The van der Waals surface area contributed by atoms with Crippen molar-refractivity contribution in [2.75, 3.05) is 46.4 Å². The Labute approximate surface area is 134 Å². The van der Waals surface area contributed by atoms with E-state index in [4.69, 9.17) is 4.74 Å². The summed E-state index contributed by atoms with van der Waals surface area (Å²) in [6.07, 6.45) is -4.63. The van der Waals surface area contributed by atoms with Gasteiger partial charge in [0.05, 0.1) is 6.61 Å². The molecule has 0 bridgehead atoms. The van der Waals surface area contributed by atoms with Crippen molar-refractivity contribution >= 4 is 12.1 Å². The quantitative estimate of drug-likeness (QED) is 0.474. The van der Waals surface area contributed by atoms with Crippen LogP contribution in [0.15, 0.2) is 4.99 Å². The van der Waals surface area contributed by atoms with Crippen LogP contribution in [0.3, 0.4) is 0 Å². The van der Waals surface area contributed by atoms with Crippen LogP contribution < -0.4 is 5.32 Å². The van der Waals surface area contributed by atoms with E-state index < -0.39 is 12.6 Å². The number of alkyl halides is 3. The zero-order chi connectivity index (χ0) is 17.3. The first kappa shape index (κ1) is 19.4. The number of unbranched alkanes of at least 4 members (excludes halogenated alkanes) is 1. The van der Waals surface area contributed by atoms with Gasteiger partial charge in [-0.2, -0.15) is 13.2 Å². The molecule has 1 heterocycles. The van der Waals surface area contributed by atoms with Crippen LogP contribution in [-0.2, 0) is 4.74 Å². The highest BCUT2D eigenvalue weighted by Crippen LogP contribution is 2.21. The lowest BCUT2D eigenvalue weighted by Gasteiger charge is -2.35. The van der Waals surface area contributed by atoms with Gasteiger partial charge in [0.2, 0.25) is 0 Å². The molecule has 0 atom stereocenters. The molecule has 0 spiro atoms. The predicted octanol–water partition coefficient (Wildman–Crippen LogP) is 2.07. The number of amides is 1. The Morgan fingerprint density at radius 2 is 1.78 bits per heavy atom. The summed E-state index contributed by atoms with van der Waals surface area (Å²) >= 11 is 0. The van der Waals surface area contributed by atoms with Gasteiger partial charge in [0, 0.05) is 46.2 Å². The predicted molar refractivity (Wildman–Crippen MR) is 81.4 cm³/mol. The summed E-state index contributed by atoms with van der Waals surface area (Å²) < 4.78 is 41.1. The number of rotatable bonds is 5. The van der Waals surface area contributed by atoms with Gasteiger partial charge in [-0.15, -0.1) is 0 Å². The SMILES string of the molecule is CCOC(=O)N1CCN(C(=NC)NCCCCC(F)(F)F)CC1. The Hall–Kier alpha value is -1.67. The molecule has 1 fully saturated rings. The van der Waals surface area contributed by atoms with Crippen molar-refractivity contribution in [2.24, 2.45) is 4.99 Å². The van der Waals surface area contributed by atoms with Crippen molar-refractivity contribution in [1.82, 2.24) is 15.1 Å². The Balaban J connectivity index is 2.27. The lowest BCUT2D eigenvalue weighted by atomic mass is 10.2. The molecule has 23 heavy (non-hydrogen) atoms. The highest BCUT2D eigenvalue weighted by Gasteiger charge is 2.26. The van der Waals surface area contributed by atoms with Gasteiger partial charge in [-0.05, 0) is 19.8 Å². The number of guanidine groups is 1. The fraction of sp³-hybridized carbons (Fsp3) is 0.857. The first-order valence-electron chi connectivity index (χ1n) is 7.81. The maximum atomic E-state index is 12.1. The molecular weight excluding hydrogens is 313 g/mol. The number of hydrogen-bond donors (Lipinski definition) is 1. The molecule has 0 aromatic heterocycles. The monoisotopic (exact) mass is 338 g/mol. The molecule has 1 aliphatic rings. The Morgan fingerprint density at radius 3 is 2.30 bits per heavy atom. The van der Waals surface area contributed by atoms with E-state index in [1.54, 1.807) is 18.9 Å². The minimum Gasteiger partial charge on any atom is -0.450 e. The molecule has 1 N–H and O–H groups in total. The summed E-state index contributed by atoms with van der Waals surface area (Å²) in [7, 11) is 1.63. The van der Waals surface area contributed by atoms with Gasteiger partial charge >= 0.3 is 12.3 Å². The van der Waals surface area contributed by atoms with Crippen LogP contribution in [0.2, 0.25) is 0 Å². The third-order valence-corrected chi connectivity index (χ3v) is 3.49. The summed E-state index contributed by atoms with van der Waals surface area (Å²) in [6.45, 7) is 4.85. The number of nitrogens with zero attached hydrogens (tertiary/aromatic N) is 3. The van der Waals surface area contributed by atoms with Crippen LogP contribution in [0.4, 0.5) is 18.0 Å². The normalized spacial score (nSPS) is 16.5. The summed E-state index contributed by atoms with van der Waals surface area (Å²) in [5.74, 6) is 0.653. The standard InChI is InChI=1S/C14H25F3N4O2/c1-3-23-13(22)21-10-8-20(9-11-21)12(18-2)19-7-5-4-6-14(15,16)17/h3-11H2,1-2H3,(H,18,19). The molecule has 1 saturated heterocycles. The van der Waals surface area contributed by atoms with Crippen molar-refractivity contribution in [3.8, 4) is 0 Å². The lowest BCUT2D eigenvalue weighted by Crippen LogP contribution is -2.54. The van der Waals surface area contributed by atoms with E-state index >= 15 is 0 Å². The van der Waals surface area contributed by atoms with Crippen LogP contribution in [0.25, 0.3) is 0 Å². The summed E-state index contributed by atoms with van der Waals surface area (Å²) in [5.41, 5.74) is 0. The molecule has 0 aliphatic carbocycles. The minimum atomic E-state index is -4.09. The second-order valence-electron chi connectivity index (χ2n) is 5.22. The van der Waals surface area contributed by atoms with E-state index in [0.717, 1.165) is 0 Å². The van der Waals surface area contributed by atoms with Gasteiger partial charge in [0.15, 0.2) is 5.96 Å². The van der Waals surface area contributed by atoms with Crippen LogP contribution in [-0.4, -0.2) is 74.4 Å². The smallest absolute Gasteiger partial charge is 0.409 e. The van der Waals surface area contributed by atoms with E-state index in [2.05, 4.69) is 10.3 Å². The molecule has 6 nitrogen and oxygen atoms in total. The van der Waals surface area contributed by atoms with E-state index in [1.165, 1.54) is 0 Å². The highest BCUT2D eigenvalue weighted by molar-refractivity contribution is 5.80. The number of halogens is 3. The zero-order valence-electron chi connectivity index (χ0n) is 13.7. The number of hydrogen-bond acceptors (Lipinski definition) is 3. The number of ether oxygens (including phenoxy) is 1. The Bertz CT molecular complexity index is 394. The summed E-state index contributed by atoms with van der Waals surface area (Å²) in [5, 5.41) is 3.07. The van der Waals surface area contributed by atoms with E-state index in [9.17, 15) is 18.0 Å². The van der Waals surface area contributed by atoms with E-state index in [0.29, 0.717) is 51.7 Å². The average molecular weight is 338 g/mol. The van der Waals surface area contributed by atoms with Gasteiger partial charge in [0.1, 0.15) is 0 Å². The summed E-state index contributed by atoms with van der Waals surface area (Å²) in [6, 6.07) is 0. The number of piperazine rings is 1. The van der Waals surface area contributed by atoms with Crippen molar-refractivity contribution < 1.29 is 22.7 Å². The van der Waals surface area contributed by atoms with Crippen LogP contribution >= 0.6 is 0 Å². The van der Waals surface area contributed by atoms with Crippen molar-refractivity contribution in [1.29, 1.82) is 0 Å². The maximum Gasteiger partial charge on any atom is 0.409 e. The second kappa shape index (κ2) is 9.46. The van der Waals surface area contributed by atoms with Gasteiger partial charge in [0.25, 0.3) is 0 Å². The van der Waals surface area contributed by atoms with Gasteiger partial charge < -0.3 is 19.9 Å². The van der Waals surface area contributed by atoms with Gasteiger partial charge in [-0.25, -0.2) is 4.79 Å².